The van der Waals surface area contributed by atoms with Gasteiger partial charge in [-0.25, -0.2) is 9.78 Å². The molecular formula is C24H22N4O5S. The number of hydrogen-bond acceptors (Lipinski definition) is 8. The maximum atomic E-state index is 12.5. The number of ether oxygens (including phenoxy) is 2. The van der Waals surface area contributed by atoms with Crippen LogP contribution in [0.1, 0.15) is 44.8 Å². The normalized spacial score (nSPS) is 10.8. The van der Waals surface area contributed by atoms with Gasteiger partial charge >= 0.3 is 5.97 Å². The van der Waals surface area contributed by atoms with Crippen molar-refractivity contribution in [3.05, 3.63) is 86.8 Å². The van der Waals surface area contributed by atoms with E-state index in [-0.39, 0.29) is 18.1 Å². The largest absolute Gasteiger partial charge is 0.496 e. The summed E-state index contributed by atoms with van der Waals surface area (Å²) in [7, 11) is 1.50. The van der Waals surface area contributed by atoms with E-state index in [4.69, 9.17) is 9.47 Å². The first kappa shape index (κ1) is 23.1. The molecule has 9 nitrogen and oxygen atoms in total. The van der Waals surface area contributed by atoms with E-state index in [9.17, 15) is 14.4 Å². The van der Waals surface area contributed by atoms with Crippen LogP contribution in [0.4, 0.5) is 5.69 Å². The molecule has 4 aromatic rings. The highest BCUT2D eigenvalue weighted by molar-refractivity contribution is 7.16. The molecule has 0 atom stereocenters. The summed E-state index contributed by atoms with van der Waals surface area (Å²) in [5, 5.41) is 7.86. The van der Waals surface area contributed by atoms with Crippen LogP contribution < -0.4 is 15.6 Å². The van der Waals surface area contributed by atoms with Crippen LogP contribution in [0, 0.1) is 0 Å². The Hall–Kier alpha value is -4.05. The molecule has 10 heteroatoms. The second-order valence-electron chi connectivity index (χ2n) is 7.33. The van der Waals surface area contributed by atoms with Gasteiger partial charge in [-0.3, -0.25) is 9.59 Å². The predicted octanol–water partition coefficient (Wildman–Crippen LogP) is 3.72. The van der Waals surface area contributed by atoms with Gasteiger partial charge in [0.1, 0.15) is 17.4 Å². The maximum Gasteiger partial charge on any atom is 0.338 e. The Labute approximate surface area is 199 Å². The van der Waals surface area contributed by atoms with Crippen LogP contribution in [-0.4, -0.2) is 33.6 Å². The molecule has 0 spiro atoms. The number of para-hydroxylation sites is 1. The third-order valence-corrected chi connectivity index (χ3v) is 5.85. The molecule has 34 heavy (non-hydrogen) atoms. The van der Waals surface area contributed by atoms with E-state index in [0.717, 1.165) is 17.8 Å². The molecule has 2 aromatic carbocycles. The second-order valence-corrected chi connectivity index (χ2v) is 8.37. The number of fused-ring (bicyclic) bond motifs is 1. The zero-order valence-corrected chi connectivity index (χ0v) is 19.4. The number of hydrogen-bond donors (Lipinski definition) is 1. The van der Waals surface area contributed by atoms with E-state index in [2.05, 4.69) is 15.4 Å². The van der Waals surface area contributed by atoms with E-state index in [1.807, 2.05) is 6.92 Å². The lowest BCUT2D eigenvalue weighted by molar-refractivity contribution is 0.0467. The molecule has 0 aliphatic heterocycles. The lowest BCUT2D eigenvalue weighted by Crippen LogP contribution is -2.16. The number of nitrogens with one attached hydrogen (secondary N) is 1. The minimum absolute atomic E-state index is 0.141. The maximum absolute atomic E-state index is 12.5. The highest BCUT2D eigenvalue weighted by Crippen LogP contribution is 2.20. The number of nitrogens with zero attached hydrogens (tertiary/aromatic N) is 3. The van der Waals surface area contributed by atoms with E-state index < -0.39 is 5.97 Å². The average Bonchev–Trinajstić information content (AvgIpc) is 3.26. The minimum Gasteiger partial charge on any atom is -0.496 e. The molecule has 1 N–H and O–H groups in total. The molecule has 174 valence electrons. The van der Waals surface area contributed by atoms with Crippen molar-refractivity contribution in [2.24, 2.45) is 0 Å². The highest BCUT2D eigenvalue weighted by Gasteiger charge is 2.14. The van der Waals surface area contributed by atoms with E-state index in [1.54, 1.807) is 48.5 Å². The molecule has 0 saturated carbocycles. The number of methoxy groups -OCH3 is 1. The van der Waals surface area contributed by atoms with Crippen LogP contribution in [0.2, 0.25) is 0 Å². The summed E-state index contributed by atoms with van der Waals surface area (Å²) in [4.78, 5) is 42.1. The van der Waals surface area contributed by atoms with Gasteiger partial charge < -0.3 is 14.8 Å². The fraction of sp³-hybridized carbons (Fsp3) is 0.208. The van der Waals surface area contributed by atoms with E-state index >= 15 is 0 Å². The van der Waals surface area contributed by atoms with Crippen molar-refractivity contribution < 1.29 is 19.1 Å². The predicted molar refractivity (Wildman–Crippen MR) is 128 cm³/mol. The van der Waals surface area contributed by atoms with E-state index in [0.29, 0.717) is 33.2 Å². The van der Waals surface area contributed by atoms with Gasteiger partial charge in [0.15, 0.2) is 0 Å². The smallest absolute Gasteiger partial charge is 0.338 e. The molecule has 1 amide bonds. The number of benzene rings is 2. The van der Waals surface area contributed by atoms with Crippen LogP contribution >= 0.6 is 11.3 Å². The van der Waals surface area contributed by atoms with Crippen molar-refractivity contribution in [3.63, 3.8) is 0 Å². The van der Waals surface area contributed by atoms with Crippen LogP contribution in [0.15, 0.2) is 59.4 Å². The SMILES string of the molecule is CCCc1nn2c(=O)cc(COC(=O)c3ccc(NC(=O)c4ccccc4OC)cc3)nc2s1. The Balaban J connectivity index is 1.39. The summed E-state index contributed by atoms with van der Waals surface area (Å²) in [6.07, 6.45) is 1.69. The minimum atomic E-state index is -0.569. The highest BCUT2D eigenvalue weighted by atomic mass is 32.1. The van der Waals surface area contributed by atoms with Crippen LogP contribution in [-0.2, 0) is 17.8 Å². The number of anilines is 1. The Morgan fingerprint density at radius 2 is 1.88 bits per heavy atom. The summed E-state index contributed by atoms with van der Waals surface area (Å²) in [5.41, 5.74) is 1.25. The van der Waals surface area contributed by atoms with Crippen molar-refractivity contribution in [2.75, 3.05) is 12.4 Å². The van der Waals surface area contributed by atoms with Crippen molar-refractivity contribution in [2.45, 2.75) is 26.4 Å². The first-order valence-electron chi connectivity index (χ1n) is 10.6. The third-order valence-electron chi connectivity index (χ3n) is 4.88. The number of amides is 1. The van der Waals surface area contributed by atoms with Gasteiger partial charge in [0, 0.05) is 18.2 Å². The lowest BCUT2D eigenvalue weighted by Gasteiger charge is -2.09. The Morgan fingerprint density at radius 3 is 2.62 bits per heavy atom. The van der Waals surface area contributed by atoms with Gasteiger partial charge in [0.25, 0.3) is 11.5 Å². The summed E-state index contributed by atoms with van der Waals surface area (Å²) < 4.78 is 11.8. The molecule has 2 aromatic heterocycles. The number of aromatic nitrogens is 3. The van der Waals surface area contributed by atoms with Gasteiger partial charge in [0.2, 0.25) is 4.96 Å². The molecule has 0 radical (unpaired) electrons. The van der Waals surface area contributed by atoms with Crippen molar-refractivity contribution >= 4 is 33.9 Å². The van der Waals surface area contributed by atoms with Crippen molar-refractivity contribution in [1.29, 1.82) is 0 Å². The molecule has 0 bridgehead atoms. The summed E-state index contributed by atoms with van der Waals surface area (Å²) in [5.74, 6) is -0.433. The van der Waals surface area contributed by atoms with Gasteiger partial charge in [-0.15, -0.1) is 0 Å². The van der Waals surface area contributed by atoms with Crippen LogP contribution in [0.3, 0.4) is 0 Å². The Bertz CT molecular complexity index is 1390. The molecule has 0 fully saturated rings. The number of carbonyl (C=O) groups is 2. The van der Waals surface area contributed by atoms with E-state index in [1.165, 1.54) is 29.0 Å². The summed E-state index contributed by atoms with van der Waals surface area (Å²) in [6.45, 7) is 1.89. The van der Waals surface area contributed by atoms with Gasteiger partial charge in [0.05, 0.1) is 23.9 Å². The standard InChI is InChI=1S/C24H22N4O5S/c1-3-6-20-27-28-21(29)13-17(26-24(28)34-20)14-33-23(31)15-9-11-16(12-10-15)25-22(30)18-7-4-5-8-19(18)32-2/h4-5,7-13H,3,6,14H2,1-2H3,(H,25,30). The van der Waals surface area contributed by atoms with Gasteiger partial charge in [-0.05, 0) is 42.8 Å². The first-order valence-corrected chi connectivity index (χ1v) is 11.4. The molecule has 2 heterocycles. The number of carbonyl (C=O) groups excluding carboxylic acids is 2. The molecule has 0 saturated heterocycles. The third kappa shape index (κ3) is 5.12. The van der Waals surface area contributed by atoms with Crippen molar-refractivity contribution in [3.8, 4) is 5.75 Å². The molecule has 0 unspecified atom stereocenters. The Kier molecular flexibility index (Phi) is 6.98. The number of esters is 1. The molecular weight excluding hydrogens is 456 g/mol. The van der Waals surface area contributed by atoms with Crippen LogP contribution in [0.25, 0.3) is 4.96 Å². The first-order chi connectivity index (χ1) is 16.5. The topological polar surface area (TPSA) is 112 Å². The number of aryl methyl sites for hydroxylation is 1. The number of rotatable bonds is 8. The van der Waals surface area contributed by atoms with Gasteiger partial charge in [-0.1, -0.05) is 30.4 Å². The molecule has 0 aliphatic rings. The zero-order valence-electron chi connectivity index (χ0n) is 18.6. The molecule has 4 rings (SSSR count). The molecule has 0 aliphatic carbocycles. The monoisotopic (exact) mass is 478 g/mol. The van der Waals surface area contributed by atoms with Crippen molar-refractivity contribution in [1.82, 2.24) is 14.6 Å². The average molecular weight is 479 g/mol. The second kappa shape index (κ2) is 10.3. The zero-order chi connectivity index (χ0) is 24.1. The van der Waals surface area contributed by atoms with Crippen LogP contribution in [0.5, 0.6) is 5.75 Å². The Morgan fingerprint density at radius 1 is 1.12 bits per heavy atom. The summed E-state index contributed by atoms with van der Waals surface area (Å²) >= 11 is 1.35. The fourth-order valence-electron chi connectivity index (χ4n) is 3.23. The summed E-state index contributed by atoms with van der Waals surface area (Å²) in [6, 6.07) is 14.5. The quantitative estimate of drug-likeness (QED) is 0.384. The fourth-order valence-corrected chi connectivity index (χ4v) is 4.25. The lowest BCUT2D eigenvalue weighted by atomic mass is 10.1. The van der Waals surface area contributed by atoms with Gasteiger partial charge in [-0.2, -0.15) is 9.61 Å².